The number of likely N-dealkylation sites (tertiary alicyclic amines) is 1. The second kappa shape index (κ2) is 6.91. The molecule has 2 heterocycles. The van der Waals surface area contributed by atoms with E-state index in [2.05, 4.69) is 0 Å². The zero-order valence-corrected chi connectivity index (χ0v) is 16.1. The van der Waals surface area contributed by atoms with E-state index in [0.717, 1.165) is 24.8 Å². The highest BCUT2D eigenvalue weighted by Gasteiger charge is 2.57. The maximum atomic E-state index is 13.1. The second-order valence-electron chi connectivity index (χ2n) is 8.12. The van der Waals surface area contributed by atoms with E-state index in [9.17, 15) is 9.59 Å². The van der Waals surface area contributed by atoms with E-state index in [-0.39, 0.29) is 23.3 Å². The van der Waals surface area contributed by atoms with Gasteiger partial charge >= 0.3 is 0 Å². The first-order chi connectivity index (χ1) is 13.0. The van der Waals surface area contributed by atoms with Crippen molar-refractivity contribution in [2.24, 2.45) is 0 Å². The predicted molar refractivity (Wildman–Crippen MR) is 100 cm³/mol. The molecule has 2 atom stereocenters. The number of methoxy groups -OCH3 is 1. The van der Waals surface area contributed by atoms with Gasteiger partial charge in [-0.2, -0.15) is 0 Å². The lowest BCUT2D eigenvalue weighted by Crippen LogP contribution is -2.60. The molecule has 27 heavy (non-hydrogen) atoms. The van der Waals surface area contributed by atoms with Crippen LogP contribution < -0.4 is 0 Å². The van der Waals surface area contributed by atoms with Crippen LogP contribution in [-0.4, -0.2) is 73.2 Å². The molecule has 4 rings (SSSR count). The molecular formula is C21H28N2O4. The topological polar surface area (TPSA) is 59.1 Å². The third-order valence-electron chi connectivity index (χ3n) is 6.60. The van der Waals surface area contributed by atoms with Crippen molar-refractivity contribution in [2.75, 3.05) is 40.4 Å². The SMILES string of the molecule is COC1(CC(=O)N2CCOC3(C2)C(=O)N(C)CC3c2ccccc2)CCC1. The number of rotatable bonds is 4. The van der Waals surface area contributed by atoms with Gasteiger partial charge in [0, 0.05) is 33.2 Å². The van der Waals surface area contributed by atoms with Gasteiger partial charge in [-0.3, -0.25) is 9.59 Å². The molecule has 1 spiro atoms. The van der Waals surface area contributed by atoms with Crippen molar-refractivity contribution < 1.29 is 19.1 Å². The fourth-order valence-corrected chi connectivity index (χ4v) is 4.75. The normalized spacial score (nSPS) is 29.9. The second-order valence-corrected chi connectivity index (χ2v) is 8.12. The van der Waals surface area contributed by atoms with Crippen LogP contribution in [-0.2, 0) is 19.1 Å². The highest BCUT2D eigenvalue weighted by atomic mass is 16.5. The highest BCUT2D eigenvalue weighted by molar-refractivity contribution is 5.90. The molecule has 146 valence electrons. The number of morpholine rings is 1. The largest absolute Gasteiger partial charge is 0.378 e. The number of hydrogen-bond acceptors (Lipinski definition) is 4. The zero-order valence-electron chi connectivity index (χ0n) is 16.1. The molecule has 2 unspecified atom stereocenters. The van der Waals surface area contributed by atoms with Crippen LogP contribution in [0, 0.1) is 0 Å². The number of carbonyl (C=O) groups is 2. The lowest BCUT2D eigenvalue weighted by atomic mass is 9.77. The van der Waals surface area contributed by atoms with Crippen LogP contribution in [0.5, 0.6) is 0 Å². The van der Waals surface area contributed by atoms with Gasteiger partial charge in [0.1, 0.15) is 0 Å². The lowest BCUT2D eigenvalue weighted by molar-refractivity contribution is -0.170. The van der Waals surface area contributed by atoms with E-state index < -0.39 is 5.60 Å². The van der Waals surface area contributed by atoms with Crippen LogP contribution in [0.1, 0.15) is 37.2 Å². The first-order valence-corrected chi connectivity index (χ1v) is 9.77. The molecule has 2 amide bonds. The maximum Gasteiger partial charge on any atom is 0.257 e. The Kier molecular flexibility index (Phi) is 4.72. The molecule has 0 radical (unpaired) electrons. The Morgan fingerprint density at radius 1 is 1.30 bits per heavy atom. The standard InChI is InChI=1S/C21H28N2O4/c1-22-14-17(16-7-4-3-5-8-16)21(19(22)25)15-23(11-12-27-21)18(24)13-20(26-2)9-6-10-20/h3-5,7-8,17H,6,9-15H2,1-2H3. The molecule has 1 aromatic carbocycles. The average Bonchev–Trinajstić information content (AvgIpc) is 2.90. The van der Waals surface area contributed by atoms with Crippen LogP contribution in [0.25, 0.3) is 0 Å². The van der Waals surface area contributed by atoms with Gasteiger partial charge in [-0.05, 0) is 24.8 Å². The van der Waals surface area contributed by atoms with Gasteiger partial charge in [0.15, 0.2) is 5.60 Å². The van der Waals surface area contributed by atoms with Crippen molar-refractivity contribution >= 4 is 11.8 Å². The summed E-state index contributed by atoms with van der Waals surface area (Å²) in [6.07, 6.45) is 3.35. The highest BCUT2D eigenvalue weighted by Crippen LogP contribution is 2.43. The third-order valence-corrected chi connectivity index (χ3v) is 6.60. The zero-order chi connectivity index (χ0) is 19.1. The van der Waals surface area contributed by atoms with Crippen molar-refractivity contribution in [3.63, 3.8) is 0 Å². The van der Waals surface area contributed by atoms with Crippen LogP contribution in [0.15, 0.2) is 30.3 Å². The van der Waals surface area contributed by atoms with Crippen LogP contribution in [0.3, 0.4) is 0 Å². The summed E-state index contributed by atoms with van der Waals surface area (Å²) in [6, 6.07) is 10.0. The van der Waals surface area contributed by atoms with Gasteiger partial charge in [-0.1, -0.05) is 30.3 Å². The molecule has 3 fully saturated rings. The molecule has 6 heteroatoms. The number of benzene rings is 1. The number of hydrogen-bond donors (Lipinski definition) is 0. The van der Waals surface area contributed by atoms with Crippen molar-refractivity contribution in [1.29, 1.82) is 0 Å². The Hall–Kier alpha value is -1.92. The van der Waals surface area contributed by atoms with Gasteiger partial charge in [-0.15, -0.1) is 0 Å². The summed E-state index contributed by atoms with van der Waals surface area (Å²) in [4.78, 5) is 29.6. The van der Waals surface area contributed by atoms with Crippen molar-refractivity contribution in [3.8, 4) is 0 Å². The molecule has 0 bridgehead atoms. The minimum absolute atomic E-state index is 0.0287. The monoisotopic (exact) mass is 372 g/mol. The van der Waals surface area contributed by atoms with E-state index in [1.807, 2.05) is 42.3 Å². The van der Waals surface area contributed by atoms with Gasteiger partial charge in [0.25, 0.3) is 5.91 Å². The lowest BCUT2D eigenvalue weighted by Gasteiger charge is -2.45. The molecule has 0 N–H and O–H groups in total. The first-order valence-electron chi connectivity index (χ1n) is 9.77. The quantitative estimate of drug-likeness (QED) is 0.809. The summed E-state index contributed by atoms with van der Waals surface area (Å²) in [6.45, 7) is 1.83. The van der Waals surface area contributed by atoms with Gasteiger partial charge < -0.3 is 19.3 Å². The Balaban J connectivity index is 1.57. The summed E-state index contributed by atoms with van der Waals surface area (Å²) >= 11 is 0. The van der Waals surface area contributed by atoms with E-state index >= 15 is 0 Å². The van der Waals surface area contributed by atoms with Crippen molar-refractivity contribution in [2.45, 2.75) is 42.8 Å². The molecule has 3 aliphatic rings. The summed E-state index contributed by atoms with van der Waals surface area (Å²) < 4.78 is 11.8. The Morgan fingerprint density at radius 2 is 2.04 bits per heavy atom. The predicted octanol–water partition coefficient (Wildman–Crippen LogP) is 1.80. The molecular weight excluding hydrogens is 344 g/mol. The molecule has 1 aliphatic carbocycles. The average molecular weight is 372 g/mol. The number of nitrogens with zero attached hydrogens (tertiary/aromatic N) is 2. The summed E-state index contributed by atoms with van der Waals surface area (Å²) in [5.74, 6) is -0.0424. The summed E-state index contributed by atoms with van der Waals surface area (Å²) in [5, 5.41) is 0. The van der Waals surface area contributed by atoms with Crippen LogP contribution >= 0.6 is 0 Å². The van der Waals surface area contributed by atoms with E-state index in [4.69, 9.17) is 9.47 Å². The summed E-state index contributed by atoms with van der Waals surface area (Å²) in [7, 11) is 3.50. The van der Waals surface area contributed by atoms with Gasteiger partial charge in [0.05, 0.1) is 25.2 Å². The number of amides is 2. The third kappa shape index (κ3) is 3.05. The smallest absolute Gasteiger partial charge is 0.257 e. The maximum absolute atomic E-state index is 13.1. The minimum atomic E-state index is -0.982. The molecule has 1 saturated carbocycles. The van der Waals surface area contributed by atoms with Crippen molar-refractivity contribution in [1.82, 2.24) is 9.80 Å². The Labute approximate surface area is 160 Å². The molecule has 2 saturated heterocycles. The van der Waals surface area contributed by atoms with E-state index in [1.54, 1.807) is 12.0 Å². The van der Waals surface area contributed by atoms with Gasteiger partial charge in [0.2, 0.25) is 5.91 Å². The molecule has 6 nitrogen and oxygen atoms in total. The minimum Gasteiger partial charge on any atom is -0.378 e. The molecule has 1 aromatic rings. The van der Waals surface area contributed by atoms with E-state index in [1.165, 1.54) is 0 Å². The van der Waals surface area contributed by atoms with Crippen molar-refractivity contribution in [3.05, 3.63) is 35.9 Å². The van der Waals surface area contributed by atoms with E-state index in [0.29, 0.717) is 32.7 Å². The van der Waals surface area contributed by atoms with Crippen LogP contribution in [0.2, 0.25) is 0 Å². The fraction of sp³-hybridized carbons (Fsp3) is 0.619. The molecule has 2 aliphatic heterocycles. The van der Waals surface area contributed by atoms with Crippen LogP contribution in [0.4, 0.5) is 0 Å². The molecule has 0 aromatic heterocycles. The number of carbonyl (C=O) groups excluding carboxylic acids is 2. The Morgan fingerprint density at radius 3 is 2.67 bits per heavy atom. The Bertz CT molecular complexity index is 713. The fourth-order valence-electron chi connectivity index (χ4n) is 4.75. The summed E-state index contributed by atoms with van der Waals surface area (Å²) in [5.41, 5.74) is -0.210. The number of ether oxygens (including phenoxy) is 2. The first kappa shape index (κ1) is 18.4. The van der Waals surface area contributed by atoms with Gasteiger partial charge in [-0.25, -0.2) is 0 Å². The number of likely N-dealkylation sites (N-methyl/N-ethyl adjacent to an activating group) is 1.